The van der Waals surface area contributed by atoms with Crippen LogP contribution in [-0.2, 0) is 14.8 Å². The lowest BCUT2D eigenvalue weighted by Crippen LogP contribution is -2.41. The van der Waals surface area contributed by atoms with Gasteiger partial charge >= 0.3 is 0 Å². The zero-order valence-electron chi connectivity index (χ0n) is 18.5. The number of methoxy groups -OCH3 is 2. The minimum absolute atomic E-state index is 0.122. The molecule has 0 aromatic heterocycles. The summed E-state index contributed by atoms with van der Waals surface area (Å²) in [5.41, 5.74) is 0.987. The predicted octanol–water partition coefficient (Wildman–Crippen LogP) is 3.92. The summed E-state index contributed by atoms with van der Waals surface area (Å²) in [6.45, 7) is 1.29. The van der Waals surface area contributed by atoms with E-state index in [1.54, 1.807) is 55.5 Å². The van der Waals surface area contributed by atoms with E-state index < -0.39 is 34.3 Å². The van der Waals surface area contributed by atoms with Crippen molar-refractivity contribution in [3.8, 4) is 11.5 Å². The van der Waals surface area contributed by atoms with E-state index in [2.05, 4.69) is 5.32 Å². The summed E-state index contributed by atoms with van der Waals surface area (Å²) in [7, 11) is -1.07. The zero-order valence-corrected chi connectivity index (χ0v) is 19.3. The fraction of sp³-hybridized carbons (Fsp3) is 0.208. The first kappa shape index (κ1) is 24.1. The van der Waals surface area contributed by atoms with Gasteiger partial charge < -0.3 is 14.8 Å². The first-order valence-electron chi connectivity index (χ1n) is 10.1. The van der Waals surface area contributed by atoms with Gasteiger partial charge in [0.05, 0.1) is 30.8 Å². The van der Waals surface area contributed by atoms with E-state index in [1.807, 2.05) is 0 Å². The molecule has 3 aromatic carbocycles. The maximum Gasteiger partial charge on any atom is 0.264 e. The van der Waals surface area contributed by atoms with Gasteiger partial charge in [-0.15, -0.1) is 0 Å². The van der Waals surface area contributed by atoms with Crippen molar-refractivity contribution in [1.29, 1.82) is 0 Å². The molecule has 174 valence electrons. The Balaban J connectivity index is 1.88. The van der Waals surface area contributed by atoms with Crippen LogP contribution in [0.1, 0.15) is 18.5 Å². The quantitative estimate of drug-likeness (QED) is 0.510. The van der Waals surface area contributed by atoms with Gasteiger partial charge in [-0.1, -0.05) is 18.2 Å². The molecule has 0 saturated heterocycles. The van der Waals surface area contributed by atoms with Crippen LogP contribution in [0.25, 0.3) is 0 Å². The molecule has 1 amide bonds. The van der Waals surface area contributed by atoms with Crippen LogP contribution in [0.3, 0.4) is 0 Å². The highest BCUT2D eigenvalue weighted by atomic mass is 32.2. The number of benzene rings is 3. The SMILES string of the molecule is COc1ccc(OC)c([C@H](C)NC(=O)CN(c2ccccc2)S(=O)(=O)c2ccc(F)cc2)c1. The molecular weight excluding hydrogens is 447 g/mol. The van der Waals surface area contributed by atoms with Crippen molar-refractivity contribution in [2.75, 3.05) is 25.1 Å². The minimum atomic E-state index is -4.13. The van der Waals surface area contributed by atoms with Crippen molar-refractivity contribution in [2.45, 2.75) is 17.9 Å². The molecule has 0 radical (unpaired) electrons. The van der Waals surface area contributed by atoms with Gasteiger partial charge in [-0.3, -0.25) is 9.10 Å². The van der Waals surface area contributed by atoms with Gasteiger partial charge in [0.2, 0.25) is 5.91 Å². The summed E-state index contributed by atoms with van der Waals surface area (Å²) in [6, 6.07) is 17.4. The minimum Gasteiger partial charge on any atom is -0.497 e. The Bertz CT molecular complexity index is 1200. The summed E-state index contributed by atoms with van der Waals surface area (Å²) in [5, 5.41) is 2.81. The van der Waals surface area contributed by atoms with Gasteiger partial charge in [0.15, 0.2) is 0 Å². The number of hydrogen-bond acceptors (Lipinski definition) is 5. The number of carbonyl (C=O) groups excluding carboxylic acids is 1. The molecule has 0 bridgehead atoms. The largest absolute Gasteiger partial charge is 0.497 e. The van der Waals surface area contributed by atoms with Gasteiger partial charge in [-0.2, -0.15) is 0 Å². The molecule has 1 atom stereocenters. The molecule has 33 heavy (non-hydrogen) atoms. The zero-order chi connectivity index (χ0) is 24.0. The first-order valence-corrected chi connectivity index (χ1v) is 11.5. The van der Waals surface area contributed by atoms with E-state index in [1.165, 1.54) is 26.4 Å². The number of nitrogens with one attached hydrogen (secondary N) is 1. The van der Waals surface area contributed by atoms with Gasteiger partial charge in [-0.25, -0.2) is 12.8 Å². The number of hydrogen-bond donors (Lipinski definition) is 1. The third kappa shape index (κ3) is 5.61. The third-order valence-corrected chi connectivity index (χ3v) is 6.80. The summed E-state index contributed by atoms with van der Waals surface area (Å²) in [6.07, 6.45) is 0. The van der Waals surface area contributed by atoms with Crippen LogP contribution in [0.5, 0.6) is 11.5 Å². The van der Waals surface area contributed by atoms with Crippen LogP contribution in [0, 0.1) is 5.82 Å². The summed E-state index contributed by atoms with van der Waals surface area (Å²) < 4.78 is 51.6. The number of rotatable bonds is 9. The van der Waals surface area contributed by atoms with Crippen LogP contribution >= 0.6 is 0 Å². The lowest BCUT2D eigenvalue weighted by atomic mass is 10.1. The first-order chi connectivity index (χ1) is 15.8. The Hall–Kier alpha value is -3.59. The van der Waals surface area contributed by atoms with Gasteiger partial charge in [0, 0.05) is 5.56 Å². The fourth-order valence-corrected chi connectivity index (χ4v) is 4.74. The molecule has 0 spiro atoms. The van der Waals surface area contributed by atoms with Crippen molar-refractivity contribution < 1.29 is 27.1 Å². The molecular formula is C24H25FN2O5S. The highest BCUT2D eigenvalue weighted by Crippen LogP contribution is 2.29. The van der Waals surface area contributed by atoms with Gasteiger partial charge in [-0.05, 0) is 61.5 Å². The molecule has 9 heteroatoms. The van der Waals surface area contributed by atoms with Crippen LogP contribution in [0.15, 0.2) is 77.7 Å². The number of ether oxygens (including phenoxy) is 2. The lowest BCUT2D eigenvalue weighted by molar-refractivity contribution is -0.120. The van der Waals surface area contributed by atoms with E-state index in [4.69, 9.17) is 9.47 Å². The number of halogens is 1. The third-order valence-electron chi connectivity index (χ3n) is 5.01. The maximum absolute atomic E-state index is 13.3. The van der Waals surface area contributed by atoms with E-state index >= 15 is 0 Å². The smallest absolute Gasteiger partial charge is 0.264 e. The van der Waals surface area contributed by atoms with Gasteiger partial charge in [0.1, 0.15) is 23.9 Å². The molecule has 0 aliphatic heterocycles. The van der Waals surface area contributed by atoms with Crippen molar-refractivity contribution in [1.82, 2.24) is 5.32 Å². The Morgan fingerprint density at radius 2 is 1.67 bits per heavy atom. The molecule has 0 fully saturated rings. The van der Waals surface area contributed by atoms with E-state index in [9.17, 15) is 17.6 Å². The van der Waals surface area contributed by atoms with Crippen molar-refractivity contribution in [3.05, 3.63) is 84.2 Å². The fourth-order valence-electron chi connectivity index (χ4n) is 3.32. The van der Waals surface area contributed by atoms with Crippen LogP contribution in [-0.4, -0.2) is 35.1 Å². The van der Waals surface area contributed by atoms with Crippen molar-refractivity contribution >= 4 is 21.6 Å². The molecule has 0 unspecified atom stereocenters. The molecule has 0 aliphatic carbocycles. The highest BCUT2D eigenvalue weighted by Gasteiger charge is 2.28. The Morgan fingerprint density at radius 1 is 1.00 bits per heavy atom. The normalized spacial score (nSPS) is 12.0. The van der Waals surface area contributed by atoms with Gasteiger partial charge in [0.25, 0.3) is 10.0 Å². The standard InChI is InChI=1S/C24H25FN2O5S/c1-17(22-15-20(31-2)11-14-23(22)32-3)26-24(28)16-27(19-7-5-4-6-8-19)33(29,30)21-12-9-18(25)10-13-21/h4-15,17H,16H2,1-3H3,(H,26,28)/t17-/m0/s1. The van der Waals surface area contributed by atoms with Crippen LogP contribution in [0.2, 0.25) is 0 Å². The number of carbonyl (C=O) groups is 1. The van der Waals surface area contributed by atoms with Crippen LogP contribution < -0.4 is 19.1 Å². The number of para-hydroxylation sites is 1. The van der Waals surface area contributed by atoms with E-state index in [0.717, 1.165) is 16.4 Å². The molecule has 7 nitrogen and oxygen atoms in total. The van der Waals surface area contributed by atoms with Crippen molar-refractivity contribution in [3.63, 3.8) is 0 Å². The lowest BCUT2D eigenvalue weighted by Gasteiger charge is -2.25. The topological polar surface area (TPSA) is 84.9 Å². The average Bonchev–Trinajstić information content (AvgIpc) is 2.82. The number of amides is 1. The van der Waals surface area contributed by atoms with Crippen molar-refractivity contribution in [2.24, 2.45) is 0 Å². The monoisotopic (exact) mass is 472 g/mol. The Kier molecular flexibility index (Phi) is 7.55. The summed E-state index contributed by atoms with van der Waals surface area (Å²) >= 11 is 0. The number of sulfonamides is 1. The number of anilines is 1. The Morgan fingerprint density at radius 3 is 2.27 bits per heavy atom. The second-order valence-corrected chi connectivity index (χ2v) is 9.06. The maximum atomic E-state index is 13.3. The molecule has 3 rings (SSSR count). The van der Waals surface area contributed by atoms with E-state index in [0.29, 0.717) is 22.7 Å². The van der Waals surface area contributed by atoms with E-state index in [-0.39, 0.29) is 4.90 Å². The molecule has 0 aliphatic rings. The molecule has 0 saturated carbocycles. The average molecular weight is 473 g/mol. The Labute approximate surface area is 192 Å². The second-order valence-electron chi connectivity index (χ2n) is 7.20. The van der Waals surface area contributed by atoms with Crippen LogP contribution in [0.4, 0.5) is 10.1 Å². The molecule has 0 heterocycles. The predicted molar refractivity (Wildman–Crippen MR) is 123 cm³/mol. The number of nitrogens with zero attached hydrogens (tertiary/aromatic N) is 1. The molecule has 1 N–H and O–H groups in total. The second kappa shape index (κ2) is 10.4. The molecule has 3 aromatic rings. The highest BCUT2D eigenvalue weighted by molar-refractivity contribution is 7.92. The summed E-state index contributed by atoms with van der Waals surface area (Å²) in [4.78, 5) is 12.8. The summed E-state index contributed by atoms with van der Waals surface area (Å²) in [5.74, 6) is 0.0695.